The fraction of sp³-hybridized carbons (Fsp3) is 0.429. The Hall–Kier alpha value is -2.13. The van der Waals surface area contributed by atoms with Crippen LogP contribution in [0.25, 0.3) is 0 Å². The Morgan fingerprint density at radius 1 is 1.22 bits per heavy atom. The first-order valence-corrected chi connectivity index (χ1v) is 10.8. The fourth-order valence-corrected chi connectivity index (χ4v) is 4.13. The summed E-state index contributed by atoms with van der Waals surface area (Å²) in [5, 5.41) is 4.35. The molecule has 1 aromatic heterocycles. The fourth-order valence-electron chi connectivity index (χ4n) is 3.59. The van der Waals surface area contributed by atoms with E-state index in [-0.39, 0.29) is 35.7 Å². The Balaban J connectivity index is 0.00000363. The lowest BCUT2D eigenvalue weighted by atomic mass is 9.96. The average molecular weight is 502 g/mol. The zero-order valence-corrected chi connectivity index (χ0v) is 20.3. The van der Waals surface area contributed by atoms with Crippen molar-refractivity contribution in [2.45, 2.75) is 25.8 Å². The topological polar surface area (TPSA) is 104 Å². The van der Waals surface area contributed by atoms with E-state index < -0.39 is 5.92 Å². The number of carbonyl (C=O) groups excluding carboxylic acids is 2. The van der Waals surface area contributed by atoms with E-state index >= 15 is 0 Å². The molecule has 0 aliphatic carbocycles. The lowest BCUT2D eigenvalue weighted by Gasteiger charge is -2.37. The minimum Gasteiger partial charge on any atom is -0.383 e. The first-order valence-electron chi connectivity index (χ1n) is 10.1. The number of benzene rings is 1. The van der Waals surface area contributed by atoms with Gasteiger partial charge in [0.2, 0.25) is 5.91 Å². The molecule has 1 aromatic carbocycles. The van der Waals surface area contributed by atoms with Crippen LogP contribution in [0, 0.1) is 0 Å². The van der Waals surface area contributed by atoms with Gasteiger partial charge in [0.05, 0.1) is 11.5 Å². The molecular formula is C21H27Cl3N6O2. The molecule has 174 valence electrons. The van der Waals surface area contributed by atoms with Gasteiger partial charge in [0.1, 0.15) is 18.0 Å². The van der Waals surface area contributed by atoms with E-state index in [1.54, 1.807) is 12.1 Å². The van der Waals surface area contributed by atoms with E-state index in [4.69, 9.17) is 28.9 Å². The summed E-state index contributed by atoms with van der Waals surface area (Å²) in [4.78, 5) is 36.7. The Morgan fingerprint density at radius 2 is 1.91 bits per heavy atom. The van der Waals surface area contributed by atoms with Crippen LogP contribution in [0.15, 0.2) is 24.5 Å². The maximum absolute atomic E-state index is 13.4. The lowest BCUT2D eigenvalue weighted by molar-refractivity contribution is -0.133. The molecule has 0 spiro atoms. The zero-order valence-electron chi connectivity index (χ0n) is 17.9. The summed E-state index contributed by atoms with van der Waals surface area (Å²) in [6, 6.07) is 5.44. The van der Waals surface area contributed by atoms with Gasteiger partial charge in [-0.05, 0) is 17.7 Å². The second-order valence-electron chi connectivity index (χ2n) is 7.71. The number of hydrogen-bond donors (Lipinski definition) is 2. The number of rotatable bonds is 7. The summed E-state index contributed by atoms with van der Waals surface area (Å²) >= 11 is 12.5. The van der Waals surface area contributed by atoms with Crippen molar-refractivity contribution in [1.82, 2.24) is 20.2 Å². The van der Waals surface area contributed by atoms with Crippen molar-refractivity contribution in [2.24, 2.45) is 0 Å². The lowest BCUT2D eigenvalue weighted by Crippen LogP contribution is -2.51. The Labute approximate surface area is 203 Å². The van der Waals surface area contributed by atoms with E-state index in [0.29, 0.717) is 54.9 Å². The van der Waals surface area contributed by atoms with Gasteiger partial charge in [0, 0.05) is 48.8 Å². The third-order valence-electron chi connectivity index (χ3n) is 5.27. The Morgan fingerprint density at radius 3 is 2.50 bits per heavy atom. The maximum Gasteiger partial charge on any atom is 0.231 e. The quantitative estimate of drug-likeness (QED) is 0.562. The molecule has 2 heterocycles. The van der Waals surface area contributed by atoms with Gasteiger partial charge >= 0.3 is 0 Å². The third-order valence-corrected chi connectivity index (χ3v) is 5.83. The van der Waals surface area contributed by atoms with E-state index in [0.717, 1.165) is 5.56 Å². The SMILES string of the molecule is CC(C)NCC(C(=O)N1CCN(c2ncnc(N)c2C=O)CC1)c1ccc(Cl)cc1Cl.Cl. The molecule has 32 heavy (non-hydrogen) atoms. The number of piperazine rings is 1. The highest BCUT2D eigenvalue weighted by Gasteiger charge is 2.31. The van der Waals surface area contributed by atoms with Gasteiger partial charge in [-0.25, -0.2) is 9.97 Å². The largest absolute Gasteiger partial charge is 0.383 e. The molecule has 0 bridgehead atoms. The number of nitrogens with one attached hydrogen (secondary N) is 1. The van der Waals surface area contributed by atoms with Crippen LogP contribution in [0.2, 0.25) is 10.0 Å². The molecule has 1 amide bonds. The van der Waals surface area contributed by atoms with Crippen LogP contribution in [-0.4, -0.2) is 65.8 Å². The average Bonchev–Trinajstić information content (AvgIpc) is 2.74. The number of hydrogen-bond acceptors (Lipinski definition) is 7. The van der Waals surface area contributed by atoms with Gasteiger partial charge in [-0.2, -0.15) is 0 Å². The van der Waals surface area contributed by atoms with Crippen molar-refractivity contribution in [1.29, 1.82) is 0 Å². The maximum atomic E-state index is 13.4. The molecule has 8 nitrogen and oxygen atoms in total. The summed E-state index contributed by atoms with van der Waals surface area (Å²) in [7, 11) is 0. The summed E-state index contributed by atoms with van der Waals surface area (Å²) in [5.41, 5.74) is 6.82. The van der Waals surface area contributed by atoms with Crippen molar-refractivity contribution >= 4 is 59.4 Å². The number of halogens is 3. The van der Waals surface area contributed by atoms with Crippen LogP contribution in [-0.2, 0) is 4.79 Å². The number of aldehydes is 1. The molecule has 1 saturated heterocycles. The van der Waals surface area contributed by atoms with Crippen molar-refractivity contribution in [3.05, 3.63) is 45.7 Å². The molecule has 0 radical (unpaired) electrons. The Bertz CT molecular complexity index is 951. The zero-order chi connectivity index (χ0) is 22.5. The summed E-state index contributed by atoms with van der Waals surface area (Å²) in [6.45, 7) is 6.57. The van der Waals surface area contributed by atoms with Crippen LogP contribution < -0.4 is 16.0 Å². The smallest absolute Gasteiger partial charge is 0.231 e. The second-order valence-corrected chi connectivity index (χ2v) is 8.55. The molecule has 1 fully saturated rings. The molecule has 3 rings (SSSR count). The number of nitrogens with two attached hydrogens (primary N) is 1. The number of anilines is 2. The van der Waals surface area contributed by atoms with Crippen LogP contribution in [0.3, 0.4) is 0 Å². The van der Waals surface area contributed by atoms with E-state index in [1.807, 2.05) is 29.7 Å². The van der Waals surface area contributed by atoms with Crippen LogP contribution in [0.4, 0.5) is 11.6 Å². The molecule has 11 heteroatoms. The molecular weight excluding hydrogens is 475 g/mol. The standard InChI is InChI=1S/C21H26Cl2N6O2.ClH/c1-13(2)25-10-16(15-4-3-14(22)9-18(15)23)21(31)29-7-5-28(6-8-29)20-17(11-30)19(24)26-12-27-20;/h3-4,9,11-13,16,25H,5-8,10H2,1-2H3,(H2,24,26,27);1H. The molecule has 1 aliphatic rings. The highest BCUT2D eigenvalue weighted by atomic mass is 35.5. The minimum atomic E-state index is -0.432. The summed E-state index contributed by atoms with van der Waals surface area (Å²) in [6.07, 6.45) is 2.00. The van der Waals surface area contributed by atoms with Crippen molar-refractivity contribution in [3.63, 3.8) is 0 Å². The van der Waals surface area contributed by atoms with Crippen molar-refractivity contribution < 1.29 is 9.59 Å². The number of amides is 1. The van der Waals surface area contributed by atoms with Crippen LogP contribution in [0.5, 0.6) is 0 Å². The predicted molar refractivity (Wildman–Crippen MR) is 130 cm³/mol. The molecule has 3 N–H and O–H groups in total. The summed E-state index contributed by atoms with van der Waals surface area (Å²) in [5.74, 6) is 0.206. The minimum absolute atomic E-state index is 0. The van der Waals surface area contributed by atoms with Crippen molar-refractivity contribution in [2.75, 3.05) is 43.4 Å². The molecule has 1 unspecified atom stereocenters. The van der Waals surface area contributed by atoms with Gasteiger partial charge in [-0.1, -0.05) is 43.1 Å². The third kappa shape index (κ3) is 6.01. The second kappa shape index (κ2) is 11.7. The van der Waals surface area contributed by atoms with Gasteiger partial charge in [0.25, 0.3) is 0 Å². The molecule has 0 saturated carbocycles. The van der Waals surface area contributed by atoms with Crippen LogP contribution in [0.1, 0.15) is 35.7 Å². The highest BCUT2D eigenvalue weighted by molar-refractivity contribution is 6.35. The highest BCUT2D eigenvalue weighted by Crippen LogP contribution is 2.30. The van der Waals surface area contributed by atoms with Gasteiger partial charge in [0.15, 0.2) is 6.29 Å². The van der Waals surface area contributed by atoms with Gasteiger partial charge < -0.3 is 20.9 Å². The Kier molecular flexibility index (Phi) is 9.51. The monoisotopic (exact) mass is 500 g/mol. The first-order chi connectivity index (χ1) is 14.8. The number of aromatic nitrogens is 2. The van der Waals surface area contributed by atoms with E-state index in [2.05, 4.69) is 15.3 Å². The van der Waals surface area contributed by atoms with Gasteiger partial charge in [-0.15, -0.1) is 12.4 Å². The summed E-state index contributed by atoms with van der Waals surface area (Å²) < 4.78 is 0. The predicted octanol–water partition coefficient (Wildman–Crippen LogP) is 3.03. The molecule has 1 atom stereocenters. The normalized spacial score (nSPS) is 14.8. The van der Waals surface area contributed by atoms with E-state index in [1.165, 1.54) is 6.33 Å². The van der Waals surface area contributed by atoms with Crippen LogP contribution >= 0.6 is 35.6 Å². The van der Waals surface area contributed by atoms with E-state index in [9.17, 15) is 9.59 Å². The first kappa shape index (κ1) is 26.1. The van der Waals surface area contributed by atoms with Crippen molar-refractivity contribution in [3.8, 4) is 0 Å². The van der Waals surface area contributed by atoms with Gasteiger partial charge in [-0.3, -0.25) is 9.59 Å². The number of carbonyl (C=O) groups is 2. The number of nitrogen functional groups attached to an aromatic ring is 1. The molecule has 1 aliphatic heterocycles. The molecule has 2 aromatic rings. The number of nitrogens with zero attached hydrogens (tertiary/aromatic N) is 4.